The van der Waals surface area contributed by atoms with E-state index in [0.717, 1.165) is 0 Å². The quantitative estimate of drug-likeness (QED) is 0.389. The van der Waals surface area contributed by atoms with Crippen molar-refractivity contribution in [2.75, 3.05) is 0 Å². The molecule has 0 heterocycles. The summed E-state index contributed by atoms with van der Waals surface area (Å²) in [4.78, 5) is -0.222. The van der Waals surface area contributed by atoms with Crippen molar-refractivity contribution in [3.63, 3.8) is 0 Å². The Bertz CT molecular complexity index is 51.6. The summed E-state index contributed by atoms with van der Waals surface area (Å²) in [7, 11) is 0. The maximum Gasteiger partial charge on any atom is 0.0567 e. The molecule has 44 valence electrons. The third-order valence-electron chi connectivity index (χ3n) is 0.485. The van der Waals surface area contributed by atoms with Crippen LogP contribution in [0.5, 0.6) is 0 Å². The van der Waals surface area contributed by atoms with Crippen molar-refractivity contribution in [2.24, 2.45) is 0 Å². The van der Waals surface area contributed by atoms with Crippen LogP contribution in [0.15, 0.2) is 12.7 Å². The summed E-state index contributed by atoms with van der Waals surface area (Å²) >= 11 is 5.60. The summed E-state index contributed by atoms with van der Waals surface area (Å²) in [6.45, 7) is 7.28. The maximum absolute atomic E-state index is 5.60. The molecule has 0 fully saturated rings. The lowest BCUT2D eigenvalue weighted by atomic mass is 10.2. The van der Waals surface area contributed by atoms with Crippen LogP contribution in [-0.4, -0.2) is 4.87 Å². The van der Waals surface area contributed by atoms with Gasteiger partial charge in [0, 0.05) is 0 Å². The van der Waals surface area contributed by atoms with Crippen molar-refractivity contribution in [1.82, 2.24) is 0 Å². The Morgan fingerprint density at radius 2 is 1.71 bits per heavy atom. The minimum absolute atomic E-state index is 0. The Kier molecular flexibility index (Phi) is 4.93. The number of rotatable bonds is 1. The van der Waals surface area contributed by atoms with Crippen LogP contribution in [0.2, 0.25) is 0 Å². The summed E-state index contributed by atoms with van der Waals surface area (Å²) in [6, 6.07) is 0. The molecule has 0 aromatic heterocycles. The van der Waals surface area contributed by atoms with Gasteiger partial charge < -0.3 is 0 Å². The van der Waals surface area contributed by atoms with Crippen molar-refractivity contribution in [3.05, 3.63) is 12.7 Å². The van der Waals surface area contributed by atoms with Crippen molar-refractivity contribution in [1.29, 1.82) is 0 Å². The van der Waals surface area contributed by atoms with Gasteiger partial charge in [0.15, 0.2) is 0 Å². The van der Waals surface area contributed by atoms with Gasteiger partial charge in [0.05, 0.1) is 4.87 Å². The van der Waals surface area contributed by atoms with Crippen molar-refractivity contribution < 1.29 is 0 Å². The van der Waals surface area contributed by atoms with Gasteiger partial charge in [0.25, 0.3) is 0 Å². The van der Waals surface area contributed by atoms with Crippen LogP contribution >= 0.6 is 24.0 Å². The molecule has 0 aliphatic carbocycles. The van der Waals surface area contributed by atoms with E-state index in [9.17, 15) is 0 Å². The first kappa shape index (κ1) is 10.3. The van der Waals surface area contributed by atoms with E-state index < -0.39 is 0 Å². The molecule has 0 saturated carbocycles. The van der Waals surface area contributed by atoms with Gasteiger partial charge in [-0.05, 0) is 13.8 Å². The zero-order chi connectivity index (χ0) is 5.21. The third kappa shape index (κ3) is 10.7. The number of hydrogen-bond donors (Lipinski definition) is 0. The lowest BCUT2D eigenvalue weighted by Crippen LogP contribution is -2.01. The second-order valence-electron chi connectivity index (χ2n) is 1.77. The van der Waals surface area contributed by atoms with Gasteiger partial charge in [0.2, 0.25) is 0 Å². The zero-order valence-electron chi connectivity index (χ0n) is 4.57. The summed E-state index contributed by atoms with van der Waals surface area (Å²) in [5, 5.41) is 0. The SMILES string of the molecule is C=CC(C)(C)Cl.Cl. The highest BCUT2D eigenvalue weighted by molar-refractivity contribution is 6.24. The Morgan fingerprint density at radius 3 is 1.71 bits per heavy atom. The highest BCUT2D eigenvalue weighted by Gasteiger charge is 2.03. The second kappa shape index (κ2) is 3.34. The zero-order valence-corrected chi connectivity index (χ0v) is 6.14. The predicted molar refractivity (Wildman–Crippen MR) is 37.4 cm³/mol. The molecule has 0 unspecified atom stereocenters. The average Bonchev–Trinajstić information content (AvgIpc) is 1.35. The van der Waals surface area contributed by atoms with Crippen LogP contribution in [-0.2, 0) is 0 Å². The molecule has 0 radical (unpaired) electrons. The van der Waals surface area contributed by atoms with Crippen LogP contribution in [0.25, 0.3) is 0 Å². The molecule has 0 nitrogen and oxygen atoms in total. The maximum atomic E-state index is 5.60. The van der Waals surface area contributed by atoms with Crippen LogP contribution in [0, 0.1) is 0 Å². The normalized spacial score (nSPS) is 9.57. The van der Waals surface area contributed by atoms with E-state index in [1.54, 1.807) is 6.08 Å². The highest BCUT2D eigenvalue weighted by Crippen LogP contribution is 2.11. The summed E-state index contributed by atoms with van der Waals surface area (Å²) in [6.07, 6.45) is 1.70. The molecular formula is C5H10Cl2. The molecule has 0 aromatic rings. The fraction of sp³-hybridized carbons (Fsp3) is 0.600. The molecule has 0 N–H and O–H groups in total. The molecule has 0 aromatic carbocycles. The Hall–Kier alpha value is 0.320. The monoisotopic (exact) mass is 140 g/mol. The molecule has 7 heavy (non-hydrogen) atoms. The van der Waals surface area contributed by atoms with Crippen LogP contribution in [0.3, 0.4) is 0 Å². The van der Waals surface area contributed by atoms with E-state index in [0.29, 0.717) is 0 Å². The summed E-state index contributed by atoms with van der Waals surface area (Å²) in [5.74, 6) is 0. The van der Waals surface area contributed by atoms with E-state index in [1.807, 2.05) is 13.8 Å². The van der Waals surface area contributed by atoms with E-state index in [2.05, 4.69) is 6.58 Å². The van der Waals surface area contributed by atoms with Gasteiger partial charge in [-0.3, -0.25) is 0 Å². The van der Waals surface area contributed by atoms with Gasteiger partial charge in [-0.15, -0.1) is 30.6 Å². The Balaban J connectivity index is 0. The molecule has 0 bridgehead atoms. The van der Waals surface area contributed by atoms with Gasteiger partial charge in [-0.1, -0.05) is 6.08 Å². The average molecular weight is 141 g/mol. The molecule has 0 aliphatic rings. The van der Waals surface area contributed by atoms with Crippen molar-refractivity contribution in [3.8, 4) is 0 Å². The van der Waals surface area contributed by atoms with E-state index in [4.69, 9.17) is 11.6 Å². The van der Waals surface area contributed by atoms with Gasteiger partial charge >= 0.3 is 0 Å². The van der Waals surface area contributed by atoms with E-state index in [-0.39, 0.29) is 17.3 Å². The minimum Gasteiger partial charge on any atom is -0.147 e. The number of alkyl halides is 1. The molecule has 0 saturated heterocycles. The highest BCUT2D eigenvalue weighted by atomic mass is 35.5. The largest absolute Gasteiger partial charge is 0.147 e. The minimum atomic E-state index is -0.222. The lowest BCUT2D eigenvalue weighted by molar-refractivity contribution is 0.885. The lowest BCUT2D eigenvalue weighted by Gasteiger charge is -2.04. The molecule has 0 spiro atoms. The third-order valence-corrected chi connectivity index (χ3v) is 0.640. The number of allylic oxidation sites excluding steroid dienone is 1. The molecule has 0 amide bonds. The van der Waals surface area contributed by atoms with Crippen LogP contribution in [0.1, 0.15) is 13.8 Å². The first-order valence-corrected chi connectivity index (χ1v) is 2.26. The van der Waals surface area contributed by atoms with Crippen LogP contribution < -0.4 is 0 Å². The summed E-state index contributed by atoms with van der Waals surface area (Å²) < 4.78 is 0. The standard InChI is InChI=1S/C5H9Cl.ClH/c1-4-5(2,3)6;/h4H,1H2,2-3H3;1H. The Labute approximate surface area is 56.0 Å². The van der Waals surface area contributed by atoms with Crippen molar-refractivity contribution in [2.45, 2.75) is 18.7 Å². The Morgan fingerprint density at radius 1 is 1.57 bits per heavy atom. The van der Waals surface area contributed by atoms with Gasteiger partial charge in [-0.25, -0.2) is 0 Å². The van der Waals surface area contributed by atoms with Crippen molar-refractivity contribution >= 4 is 24.0 Å². The fourth-order valence-electron chi connectivity index (χ4n) is 0. The second-order valence-corrected chi connectivity index (χ2v) is 2.74. The van der Waals surface area contributed by atoms with Crippen LogP contribution in [0.4, 0.5) is 0 Å². The van der Waals surface area contributed by atoms with E-state index in [1.165, 1.54) is 0 Å². The van der Waals surface area contributed by atoms with Gasteiger partial charge in [0.1, 0.15) is 0 Å². The molecule has 0 rings (SSSR count). The fourth-order valence-corrected chi connectivity index (χ4v) is 0. The number of halogens is 2. The molecular weight excluding hydrogens is 131 g/mol. The van der Waals surface area contributed by atoms with Gasteiger partial charge in [-0.2, -0.15) is 0 Å². The first-order valence-electron chi connectivity index (χ1n) is 1.89. The molecule has 0 aliphatic heterocycles. The topological polar surface area (TPSA) is 0 Å². The smallest absolute Gasteiger partial charge is 0.0567 e. The predicted octanol–water partition coefficient (Wildman–Crippen LogP) is 2.61. The first-order chi connectivity index (χ1) is 2.56. The molecule has 0 atom stereocenters. The summed E-state index contributed by atoms with van der Waals surface area (Å²) in [5.41, 5.74) is 0. The molecule has 2 heteroatoms. The van der Waals surface area contributed by atoms with E-state index >= 15 is 0 Å². The number of hydrogen-bond acceptors (Lipinski definition) is 0.